The van der Waals surface area contributed by atoms with E-state index in [1.165, 1.54) is 4.90 Å². The lowest BCUT2D eigenvalue weighted by atomic mass is 9.99. The first kappa shape index (κ1) is 26.7. The van der Waals surface area contributed by atoms with Crippen LogP contribution in [0.3, 0.4) is 0 Å². The van der Waals surface area contributed by atoms with E-state index in [0.717, 1.165) is 30.8 Å². The average molecular weight is 531 g/mol. The van der Waals surface area contributed by atoms with Crippen LogP contribution in [0.1, 0.15) is 40.7 Å². The van der Waals surface area contributed by atoms with Gasteiger partial charge in [0.2, 0.25) is 0 Å². The summed E-state index contributed by atoms with van der Waals surface area (Å²) in [6, 6.07) is 17.7. The molecule has 5 rings (SSSR count). The monoisotopic (exact) mass is 530 g/mol. The molecule has 0 saturated carbocycles. The van der Waals surface area contributed by atoms with Crippen LogP contribution in [0.15, 0.2) is 70.7 Å². The fourth-order valence-corrected chi connectivity index (χ4v) is 5.13. The van der Waals surface area contributed by atoms with Gasteiger partial charge in [-0.25, -0.2) is 0 Å². The van der Waals surface area contributed by atoms with E-state index in [9.17, 15) is 14.7 Å². The lowest BCUT2D eigenvalue weighted by molar-refractivity contribution is -0.140. The molecule has 1 N–H and O–H groups in total. The summed E-state index contributed by atoms with van der Waals surface area (Å²) in [4.78, 5) is 30.2. The first-order valence-corrected chi connectivity index (χ1v) is 13.3. The highest BCUT2D eigenvalue weighted by Gasteiger charge is 2.47. The van der Waals surface area contributed by atoms with Gasteiger partial charge in [0, 0.05) is 31.7 Å². The third-order valence-corrected chi connectivity index (χ3v) is 7.16. The first-order valence-electron chi connectivity index (χ1n) is 13.3. The van der Waals surface area contributed by atoms with Crippen LogP contribution < -0.4 is 4.74 Å². The Hall–Kier alpha value is -3.88. The van der Waals surface area contributed by atoms with E-state index < -0.39 is 17.7 Å². The Bertz CT molecular complexity index is 1350. The number of rotatable bonds is 9. The Morgan fingerprint density at radius 1 is 1.00 bits per heavy atom. The number of likely N-dealkylation sites (tertiary alicyclic amines) is 1. The Morgan fingerprint density at radius 3 is 2.46 bits per heavy atom. The Balaban J connectivity index is 1.36. The number of aliphatic hydroxyl groups is 1. The fraction of sp³-hybridized carbons (Fsp3) is 0.355. The largest absolute Gasteiger partial charge is 0.507 e. The molecule has 2 fully saturated rings. The maximum atomic E-state index is 13.2. The van der Waals surface area contributed by atoms with Crippen molar-refractivity contribution in [3.05, 3.63) is 94.4 Å². The Labute approximate surface area is 228 Å². The predicted octanol–water partition coefficient (Wildman–Crippen LogP) is 4.62. The number of amides is 1. The first-order chi connectivity index (χ1) is 18.9. The van der Waals surface area contributed by atoms with E-state index in [0.29, 0.717) is 55.6 Å². The molecule has 3 heterocycles. The number of hydrogen-bond acceptors (Lipinski definition) is 7. The van der Waals surface area contributed by atoms with Gasteiger partial charge in [0.25, 0.3) is 11.7 Å². The molecule has 0 radical (unpaired) electrons. The fourth-order valence-electron chi connectivity index (χ4n) is 5.13. The van der Waals surface area contributed by atoms with Gasteiger partial charge in [0.15, 0.2) is 0 Å². The van der Waals surface area contributed by atoms with Gasteiger partial charge in [-0.1, -0.05) is 29.8 Å². The number of hydrogen-bond donors (Lipinski definition) is 1. The molecule has 0 bridgehead atoms. The number of morpholine rings is 1. The van der Waals surface area contributed by atoms with E-state index in [2.05, 4.69) is 11.0 Å². The van der Waals surface area contributed by atoms with E-state index in [1.54, 1.807) is 36.4 Å². The maximum Gasteiger partial charge on any atom is 0.295 e. The Kier molecular flexibility index (Phi) is 8.14. The number of nitrogens with zero attached hydrogens (tertiary/aromatic N) is 2. The molecule has 204 valence electrons. The number of aryl methyl sites for hydroxylation is 2. The molecule has 8 heteroatoms. The van der Waals surface area contributed by atoms with E-state index in [-0.39, 0.29) is 11.3 Å². The Morgan fingerprint density at radius 2 is 1.77 bits per heavy atom. The lowest BCUT2D eigenvalue weighted by Gasteiger charge is -2.28. The maximum absolute atomic E-state index is 13.2. The molecule has 1 amide bonds. The van der Waals surface area contributed by atoms with Crippen LogP contribution in [0.4, 0.5) is 0 Å². The second-order valence-electron chi connectivity index (χ2n) is 10.1. The minimum absolute atomic E-state index is 0.0363. The third-order valence-electron chi connectivity index (χ3n) is 7.16. The van der Waals surface area contributed by atoms with E-state index >= 15 is 0 Å². The minimum Gasteiger partial charge on any atom is -0.507 e. The molecule has 2 aromatic carbocycles. The normalized spacial score (nSPS) is 19.5. The summed E-state index contributed by atoms with van der Waals surface area (Å²) in [7, 11) is 0. The van der Waals surface area contributed by atoms with Crippen LogP contribution in [0.2, 0.25) is 0 Å². The number of benzene rings is 2. The lowest BCUT2D eigenvalue weighted by Crippen LogP contribution is -2.38. The smallest absolute Gasteiger partial charge is 0.295 e. The minimum atomic E-state index is -0.791. The van der Waals surface area contributed by atoms with Crippen molar-refractivity contribution in [1.82, 2.24) is 9.80 Å². The van der Waals surface area contributed by atoms with Crippen LogP contribution in [-0.4, -0.2) is 66.0 Å². The van der Waals surface area contributed by atoms with Crippen LogP contribution in [0.25, 0.3) is 5.76 Å². The molecule has 0 spiro atoms. The zero-order valence-corrected chi connectivity index (χ0v) is 22.4. The molecular formula is C31H34N2O6. The standard InChI is InChI=1S/C31H34N2O6/c1-21-5-3-6-23(19-21)20-38-25-10-8-24(9-11-25)29(34)27-28(26-12-7-22(2)39-26)33(31(36)30(27)35)14-4-13-32-15-17-37-18-16-32/h3,5-12,19,28,34H,4,13-18,20H2,1-2H3/b29-27+/t28-/m1/s1. The van der Waals surface area contributed by atoms with Gasteiger partial charge in [-0.05, 0) is 62.2 Å². The average Bonchev–Trinajstić information content (AvgIpc) is 3.48. The van der Waals surface area contributed by atoms with Gasteiger partial charge < -0.3 is 23.9 Å². The van der Waals surface area contributed by atoms with Crippen molar-refractivity contribution in [2.24, 2.45) is 0 Å². The number of Topliss-reactive ketones (excluding diaryl/α,β-unsaturated/α-hetero) is 1. The van der Waals surface area contributed by atoms with Gasteiger partial charge in [-0.3, -0.25) is 14.5 Å². The summed E-state index contributed by atoms with van der Waals surface area (Å²) >= 11 is 0. The van der Waals surface area contributed by atoms with E-state index in [4.69, 9.17) is 13.9 Å². The number of carbonyl (C=O) groups excluding carboxylic acids is 2. The number of carbonyl (C=O) groups is 2. The molecule has 1 atom stereocenters. The molecular weight excluding hydrogens is 496 g/mol. The van der Waals surface area contributed by atoms with Crippen molar-refractivity contribution in [1.29, 1.82) is 0 Å². The zero-order valence-electron chi connectivity index (χ0n) is 22.4. The SMILES string of the molecule is Cc1cccc(COc2ccc(/C(O)=C3\C(=O)C(=O)N(CCCN4CCOCC4)[C@@H]3c3ccc(C)o3)cc2)c1. The molecule has 0 aliphatic carbocycles. The van der Waals surface area contributed by atoms with Gasteiger partial charge in [-0.2, -0.15) is 0 Å². The quantitative estimate of drug-likeness (QED) is 0.245. The molecule has 3 aromatic rings. The third kappa shape index (κ3) is 6.08. The van der Waals surface area contributed by atoms with Crippen LogP contribution in [0, 0.1) is 13.8 Å². The highest BCUT2D eigenvalue weighted by molar-refractivity contribution is 6.46. The van der Waals surface area contributed by atoms with Gasteiger partial charge in [-0.15, -0.1) is 0 Å². The van der Waals surface area contributed by atoms with Gasteiger partial charge >= 0.3 is 0 Å². The number of aliphatic hydroxyl groups excluding tert-OH is 1. The summed E-state index contributed by atoms with van der Waals surface area (Å²) in [6.45, 7) is 8.53. The van der Waals surface area contributed by atoms with Crippen LogP contribution >= 0.6 is 0 Å². The molecule has 8 nitrogen and oxygen atoms in total. The number of furan rings is 1. The molecule has 2 aliphatic rings. The highest BCUT2D eigenvalue weighted by atomic mass is 16.5. The van der Waals surface area contributed by atoms with Crippen molar-refractivity contribution in [3.63, 3.8) is 0 Å². The topological polar surface area (TPSA) is 92.5 Å². The molecule has 1 aromatic heterocycles. The van der Waals surface area contributed by atoms with Gasteiger partial charge in [0.05, 0.1) is 18.8 Å². The van der Waals surface area contributed by atoms with Crippen molar-refractivity contribution in [3.8, 4) is 5.75 Å². The summed E-state index contributed by atoms with van der Waals surface area (Å²) in [5, 5.41) is 11.3. The number of ketones is 1. The molecule has 2 aliphatic heterocycles. The van der Waals surface area contributed by atoms with Gasteiger partial charge in [0.1, 0.15) is 35.7 Å². The predicted molar refractivity (Wildman–Crippen MR) is 146 cm³/mol. The van der Waals surface area contributed by atoms with Crippen LogP contribution in [-0.2, 0) is 20.9 Å². The van der Waals surface area contributed by atoms with Crippen molar-refractivity contribution >= 4 is 17.4 Å². The van der Waals surface area contributed by atoms with Crippen molar-refractivity contribution < 1.29 is 28.6 Å². The van der Waals surface area contributed by atoms with Crippen molar-refractivity contribution in [2.45, 2.75) is 32.9 Å². The summed E-state index contributed by atoms with van der Waals surface area (Å²) < 4.78 is 17.2. The summed E-state index contributed by atoms with van der Waals surface area (Å²) in [6.07, 6.45) is 0.691. The summed E-state index contributed by atoms with van der Waals surface area (Å²) in [5.74, 6) is 0.188. The van der Waals surface area contributed by atoms with E-state index in [1.807, 2.05) is 32.0 Å². The second-order valence-corrected chi connectivity index (χ2v) is 10.1. The van der Waals surface area contributed by atoms with Crippen molar-refractivity contribution in [2.75, 3.05) is 39.4 Å². The highest BCUT2D eigenvalue weighted by Crippen LogP contribution is 2.40. The number of ether oxygens (including phenoxy) is 2. The molecule has 39 heavy (non-hydrogen) atoms. The molecule has 2 saturated heterocycles. The zero-order chi connectivity index (χ0) is 27.4. The summed E-state index contributed by atoms with van der Waals surface area (Å²) in [5.41, 5.74) is 2.69. The second kappa shape index (κ2) is 11.9. The van der Waals surface area contributed by atoms with Crippen LogP contribution in [0.5, 0.6) is 5.75 Å². The molecule has 0 unspecified atom stereocenters.